The van der Waals surface area contributed by atoms with Crippen LogP contribution in [0.5, 0.6) is 5.75 Å². The van der Waals surface area contributed by atoms with Crippen molar-refractivity contribution in [3.05, 3.63) is 71.2 Å². The summed E-state index contributed by atoms with van der Waals surface area (Å²) in [7, 11) is 1.63. The number of benzene rings is 2. The summed E-state index contributed by atoms with van der Waals surface area (Å²) in [6, 6.07) is 13.5. The summed E-state index contributed by atoms with van der Waals surface area (Å²) >= 11 is 0. The van der Waals surface area contributed by atoms with E-state index in [1.165, 1.54) is 12.1 Å². The van der Waals surface area contributed by atoms with Crippen LogP contribution in [0, 0.1) is 12.7 Å². The lowest BCUT2D eigenvalue weighted by Crippen LogP contribution is -2.35. The fraction of sp³-hybridized carbons (Fsp3) is 0.208. The van der Waals surface area contributed by atoms with Gasteiger partial charge in [0.2, 0.25) is 0 Å². The number of pyridine rings is 1. The Kier molecular flexibility index (Phi) is 4.66. The second-order valence-electron chi connectivity index (χ2n) is 7.57. The van der Waals surface area contributed by atoms with Gasteiger partial charge in [-0.05, 0) is 73.9 Å². The lowest BCUT2D eigenvalue weighted by molar-refractivity contribution is 0.0986. The summed E-state index contributed by atoms with van der Waals surface area (Å²) in [5.74, 6) is 0.290. The molecule has 2 aromatic heterocycles. The maximum absolute atomic E-state index is 13.8. The summed E-state index contributed by atoms with van der Waals surface area (Å²) < 4.78 is 24.1. The lowest BCUT2D eigenvalue weighted by Gasteiger charge is -2.30. The van der Waals surface area contributed by atoms with Gasteiger partial charge in [0.25, 0.3) is 11.6 Å². The second-order valence-corrected chi connectivity index (χ2v) is 7.57. The van der Waals surface area contributed by atoms with Gasteiger partial charge in [0.1, 0.15) is 11.6 Å². The number of aromatic nitrogens is 2. The minimum Gasteiger partial charge on any atom is -0.497 e. The van der Waals surface area contributed by atoms with Gasteiger partial charge in [-0.2, -0.15) is 0 Å². The molecule has 0 fully saturated rings. The molecule has 0 unspecified atom stereocenters. The number of rotatable bonds is 3. The van der Waals surface area contributed by atoms with E-state index in [9.17, 15) is 9.18 Å². The molecule has 31 heavy (non-hydrogen) atoms. The summed E-state index contributed by atoms with van der Waals surface area (Å²) in [6.07, 6.45) is 1.74. The van der Waals surface area contributed by atoms with Gasteiger partial charge in [-0.25, -0.2) is 9.37 Å². The first-order valence-corrected chi connectivity index (χ1v) is 10.1. The normalized spacial score (nSPS) is 13.3. The predicted octanol–water partition coefficient (Wildman–Crippen LogP) is 4.94. The quantitative estimate of drug-likeness (QED) is 0.472. The highest BCUT2D eigenvalue weighted by Crippen LogP contribution is 2.34. The van der Waals surface area contributed by atoms with Gasteiger partial charge in [-0.1, -0.05) is 5.16 Å². The smallest absolute Gasteiger partial charge is 0.259 e. The van der Waals surface area contributed by atoms with Crippen molar-refractivity contribution < 1.29 is 18.4 Å². The van der Waals surface area contributed by atoms with E-state index in [1.807, 2.05) is 18.2 Å². The highest BCUT2D eigenvalue weighted by molar-refractivity contribution is 6.14. The molecule has 0 N–H and O–H groups in total. The van der Waals surface area contributed by atoms with E-state index in [4.69, 9.17) is 9.26 Å². The van der Waals surface area contributed by atoms with Gasteiger partial charge in [-0.15, -0.1) is 0 Å². The molecule has 0 bridgehead atoms. The molecule has 3 heterocycles. The Morgan fingerprint density at radius 1 is 1.16 bits per heavy atom. The third-order valence-electron chi connectivity index (χ3n) is 5.64. The molecule has 1 amide bonds. The van der Waals surface area contributed by atoms with Gasteiger partial charge >= 0.3 is 0 Å². The number of hydrogen-bond donors (Lipinski definition) is 0. The van der Waals surface area contributed by atoms with Crippen LogP contribution in [-0.2, 0) is 6.42 Å². The molecule has 0 saturated heterocycles. The number of hydrogen-bond acceptors (Lipinski definition) is 5. The predicted molar refractivity (Wildman–Crippen MR) is 115 cm³/mol. The van der Waals surface area contributed by atoms with Crippen molar-refractivity contribution in [3.8, 4) is 17.0 Å². The summed E-state index contributed by atoms with van der Waals surface area (Å²) in [5, 5.41) is 4.61. The third kappa shape index (κ3) is 3.32. The van der Waals surface area contributed by atoms with Crippen LogP contribution in [0.4, 0.5) is 10.1 Å². The number of nitrogens with zero attached hydrogens (tertiary/aromatic N) is 3. The number of ether oxygens (including phenoxy) is 1. The molecule has 0 aliphatic carbocycles. The number of halogens is 1. The Morgan fingerprint density at radius 3 is 2.74 bits per heavy atom. The molecule has 156 valence electrons. The fourth-order valence-electron chi connectivity index (χ4n) is 4.09. The monoisotopic (exact) mass is 417 g/mol. The average Bonchev–Trinajstić information content (AvgIpc) is 3.18. The van der Waals surface area contributed by atoms with Crippen molar-refractivity contribution in [2.75, 3.05) is 18.6 Å². The summed E-state index contributed by atoms with van der Waals surface area (Å²) in [4.78, 5) is 20.1. The number of fused-ring (bicyclic) bond motifs is 2. The average molecular weight is 417 g/mol. The van der Waals surface area contributed by atoms with Crippen molar-refractivity contribution in [2.24, 2.45) is 0 Å². The SMILES string of the molecule is COc1ccc2c(c1)CCCN2C(=O)c1cc(-c2ccc(F)cc2)nc2onc(C)c12. The first kappa shape index (κ1) is 19.2. The largest absolute Gasteiger partial charge is 0.497 e. The summed E-state index contributed by atoms with van der Waals surface area (Å²) in [6.45, 7) is 2.40. The maximum Gasteiger partial charge on any atom is 0.259 e. The first-order valence-electron chi connectivity index (χ1n) is 10.1. The van der Waals surface area contributed by atoms with E-state index in [2.05, 4.69) is 10.1 Å². The lowest BCUT2D eigenvalue weighted by atomic mass is 9.99. The van der Waals surface area contributed by atoms with E-state index in [0.717, 1.165) is 29.8 Å². The highest BCUT2D eigenvalue weighted by atomic mass is 19.1. The fourth-order valence-corrected chi connectivity index (χ4v) is 4.09. The third-order valence-corrected chi connectivity index (χ3v) is 5.64. The molecular weight excluding hydrogens is 397 g/mol. The number of carbonyl (C=O) groups is 1. The Balaban J connectivity index is 1.64. The zero-order valence-electron chi connectivity index (χ0n) is 17.2. The molecule has 7 heteroatoms. The van der Waals surface area contributed by atoms with Gasteiger partial charge in [0.05, 0.1) is 29.4 Å². The molecule has 2 aromatic carbocycles. The van der Waals surface area contributed by atoms with E-state index < -0.39 is 0 Å². The Labute approximate surface area is 178 Å². The van der Waals surface area contributed by atoms with E-state index in [1.54, 1.807) is 37.1 Å². The van der Waals surface area contributed by atoms with Gasteiger partial charge < -0.3 is 14.2 Å². The zero-order chi connectivity index (χ0) is 21.5. The number of methoxy groups -OCH3 is 1. The minimum absolute atomic E-state index is 0.145. The van der Waals surface area contributed by atoms with Crippen LogP contribution in [0.15, 0.2) is 53.1 Å². The highest BCUT2D eigenvalue weighted by Gasteiger charge is 2.28. The Bertz CT molecular complexity index is 1300. The van der Waals surface area contributed by atoms with Gasteiger partial charge in [-0.3, -0.25) is 4.79 Å². The molecule has 0 atom stereocenters. The molecule has 6 nitrogen and oxygen atoms in total. The maximum atomic E-state index is 13.8. The van der Waals surface area contributed by atoms with Gasteiger partial charge in [0, 0.05) is 17.8 Å². The van der Waals surface area contributed by atoms with Crippen LogP contribution in [0.2, 0.25) is 0 Å². The topological polar surface area (TPSA) is 68.5 Å². The number of anilines is 1. The van der Waals surface area contributed by atoms with Crippen LogP contribution in [-0.4, -0.2) is 29.7 Å². The summed E-state index contributed by atoms with van der Waals surface area (Å²) in [5.41, 5.74) is 4.52. The molecular formula is C24H20FN3O3. The number of amides is 1. The van der Waals surface area contributed by atoms with Gasteiger partial charge in [0.15, 0.2) is 0 Å². The van der Waals surface area contributed by atoms with E-state index in [0.29, 0.717) is 34.4 Å². The Morgan fingerprint density at radius 2 is 1.97 bits per heavy atom. The minimum atomic E-state index is -0.336. The number of carbonyl (C=O) groups excluding carboxylic acids is 1. The molecule has 1 aliphatic heterocycles. The molecule has 0 spiro atoms. The molecule has 0 saturated carbocycles. The van der Waals surface area contributed by atoms with Crippen molar-refractivity contribution in [2.45, 2.75) is 19.8 Å². The zero-order valence-corrected chi connectivity index (χ0v) is 17.2. The van der Waals surface area contributed by atoms with Crippen LogP contribution < -0.4 is 9.64 Å². The molecule has 4 aromatic rings. The van der Waals surface area contributed by atoms with Crippen molar-refractivity contribution >= 4 is 22.7 Å². The van der Waals surface area contributed by atoms with Crippen molar-refractivity contribution in [1.29, 1.82) is 0 Å². The molecule has 1 aliphatic rings. The molecule has 0 radical (unpaired) electrons. The van der Waals surface area contributed by atoms with Crippen molar-refractivity contribution in [3.63, 3.8) is 0 Å². The van der Waals surface area contributed by atoms with Crippen LogP contribution >= 0.6 is 0 Å². The van der Waals surface area contributed by atoms with E-state index >= 15 is 0 Å². The van der Waals surface area contributed by atoms with Crippen LogP contribution in [0.25, 0.3) is 22.4 Å². The van der Waals surface area contributed by atoms with Crippen molar-refractivity contribution in [1.82, 2.24) is 10.1 Å². The second kappa shape index (κ2) is 7.50. The number of aryl methyl sites for hydroxylation is 2. The van der Waals surface area contributed by atoms with Crippen LogP contribution in [0.3, 0.4) is 0 Å². The van der Waals surface area contributed by atoms with E-state index in [-0.39, 0.29) is 17.4 Å². The van der Waals surface area contributed by atoms with Crippen LogP contribution in [0.1, 0.15) is 28.0 Å². The standard InChI is InChI=1S/C24H20FN3O3/c1-14-22-19(13-20(26-23(22)31-27-14)15-5-7-17(25)8-6-15)24(29)28-11-3-4-16-12-18(30-2)9-10-21(16)28/h5-10,12-13H,3-4,11H2,1-2H3. The Hall–Kier alpha value is -3.74. The first-order chi connectivity index (χ1) is 15.0. The molecule has 5 rings (SSSR count).